The number of nitrogens with zero attached hydrogens (tertiary/aromatic N) is 2. The van der Waals surface area contributed by atoms with Crippen molar-refractivity contribution in [3.63, 3.8) is 0 Å². The second-order valence-electron chi connectivity index (χ2n) is 7.11. The van der Waals surface area contributed by atoms with Crippen LogP contribution in [0.2, 0.25) is 5.02 Å². The molecule has 0 saturated carbocycles. The van der Waals surface area contributed by atoms with Crippen LogP contribution in [0.4, 0.5) is 4.39 Å². The van der Waals surface area contributed by atoms with Crippen LogP contribution in [0.5, 0.6) is 0 Å². The predicted octanol–water partition coefficient (Wildman–Crippen LogP) is 4.21. The molecule has 2 aromatic heterocycles. The molecule has 6 nitrogen and oxygen atoms in total. The number of hydrogen-bond acceptors (Lipinski definition) is 4. The Kier molecular flexibility index (Phi) is 4.60. The zero-order valence-electron chi connectivity index (χ0n) is 15.9. The number of aromatic nitrogens is 4. The van der Waals surface area contributed by atoms with E-state index in [0.29, 0.717) is 33.4 Å². The number of aromatic amines is 2. The average Bonchev–Trinajstić information content (AvgIpc) is 2.77. The van der Waals surface area contributed by atoms with Crippen molar-refractivity contribution in [1.82, 2.24) is 20.2 Å². The number of rotatable bonds is 3. The third-order valence-corrected chi connectivity index (χ3v) is 5.33. The van der Waals surface area contributed by atoms with Crippen molar-refractivity contribution in [2.24, 2.45) is 0 Å². The van der Waals surface area contributed by atoms with Gasteiger partial charge in [0.2, 0.25) is 0 Å². The summed E-state index contributed by atoms with van der Waals surface area (Å²) in [6, 6.07) is 16.5. The monoisotopic (exact) mass is 432 g/mol. The summed E-state index contributed by atoms with van der Waals surface area (Å²) >= 11 is 5.95. The summed E-state index contributed by atoms with van der Waals surface area (Å²) in [4.78, 5) is 31.5. The van der Waals surface area contributed by atoms with Crippen molar-refractivity contribution in [3.8, 4) is 11.4 Å². The fraction of sp³-hybridized carbons (Fsp3) is 0.0435. The lowest BCUT2D eigenvalue weighted by Crippen LogP contribution is -2.11. The van der Waals surface area contributed by atoms with Gasteiger partial charge in [0.1, 0.15) is 11.6 Å². The standard InChI is InChI=1S/C23H14ClFN4O2/c24-13-6-8-19-17(11-13)22(30)27-21(26-19)16-9-12(5-7-18(16)25)10-20-14-3-1-2-4-15(14)23(31)29-28-20/h1-9,11H,10H2,(H,29,31)(H,26,27,30). The van der Waals surface area contributed by atoms with Gasteiger partial charge in [-0.3, -0.25) is 9.59 Å². The molecule has 0 saturated heterocycles. The highest BCUT2D eigenvalue weighted by Gasteiger charge is 2.13. The maximum Gasteiger partial charge on any atom is 0.272 e. The Morgan fingerprint density at radius 2 is 1.71 bits per heavy atom. The molecule has 0 unspecified atom stereocenters. The third-order valence-electron chi connectivity index (χ3n) is 5.10. The molecule has 0 aliphatic heterocycles. The van der Waals surface area contributed by atoms with Crippen molar-refractivity contribution in [1.29, 1.82) is 0 Å². The van der Waals surface area contributed by atoms with Gasteiger partial charge in [0, 0.05) is 16.8 Å². The van der Waals surface area contributed by atoms with Crippen LogP contribution in [0.3, 0.4) is 0 Å². The summed E-state index contributed by atoms with van der Waals surface area (Å²) in [6.45, 7) is 0. The van der Waals surface area contributed by atoms with E-state index in [1.165, 1.54) is 12.1 Å². The highest BCUT2D eigenvalue weighted by molar-refractivity contribution is 6.31. The highest BCUT2D eigenvalue weighted by Crippen LogP contribution is 2.24. The minimum atomic E-state index is -0.514. The lowest BCUT2D eigenvalue weighted by atomic mass is 10.0. The number of nitrogens with one attached hydrogen (secondary N) is 2. The van der Waals surface area contributed by atoms with E-state index in [1.54, 1.807) is 36.4 Å². The van der Waals surface area contributed by atoms with Crippen LogP contribution < -0.4 is 11.1 Å². The first-order chi connectivity index (χ1) is 15.0. The maximum absolute atomic E-state index is 14.6. The minimum Gasteiger partial charge on any atom is -0.306 e. The van der Waals surface area contributed by atoms with E-state index in [1.807, 2.05) is 12.1 Å². The largest absolute Gasteiger partial charge is 0.306 e. The molecule has 0 aliphatic carbocycles. The van der Waals surface area contributed by atoms with Gasteiger partial charge in [-0.15, -0.1) is 0 Å². The SMILES string of the molecule is O=c1[nH]c(-c2cc(Cc3n[nH]c(=O)c4ccccc34)ccc2F)nc2ccc(Cl)cc12. The lowest BCUT2D eigenvalue weighted by Gasteiger charge is -2.09. The molecule has 0 atom stereocenters. The van der Waals surface area contributed by atoms with Crippen molar-refractivity contribution < 1.29 is 4.39 Å². The molecule has 8 heteroatoms. The molecule has 3 aromatic carbocycles. The van der Waals surface area contributed by atoms with Crippen molar-refractivity contribution in [2.45, 2.75) is 6.42 Å². The fourth-order valence-corrected chi connectivity index (χ4v) is 3.77. The second-order valence-corrected chi connectivity index (χ2v) is 7.55. The smallest absolute Gasteiger partial charge is 0.272 e. The van der Waals surface area contributed by atoms with E-state index >= 15 is 0 Å². The number of halogens is 2. The first-order valence-electron chi connectivity index (χ1n) is 9.44. The van der Waals surface area contributed by atoms with Gasteiger partial charge in [-0.1, -0.05) is 35.9 Å². The molecule has 0 amide bonds. The fourth-order valence-electron chi connectivity index (χ4n) is 3.60. The summed E-state index contributed by atoms with van der Waals surface area (Å²) in [6.07, 6.45) is 0.359. The van der Waals surface area contributed by atoms with Gasteiger partial charge in [0.25, 0.3) is 11.1 Å². The minimum absolute atomic E-state index is 0.124. The van der Waals surface area contributed by atoms with Crippen molar-refractivity contribution >= 4 is 33.3 Å². The molecule has 2 N–H and O–H groups in total. The third kappa shape index (κ3) is 3.49. The van der Waals surface area contributed by atoms with Crippen molar-refractivity contribution in [3.05, 3.63) is 103 Å². The summed E-state index contributed by atoms with van der Waals surface area (Å²) in [5.41, 5.74) is 1.32. The van der Waals surface area contributed by atoms with Crippen LogP contribution in [-0.4, -0.2) is 20.2 Å². The lowest BCUT2D eigenvalue weighted by molar-refractivity contribution is 0.629. The Labute approximate surface area is 179 Å². The first-order valence-corrected chi connectivity index (χ1v) is 9.82. The van der Waals surface area contributed by atoms with E-state index in [2.05, 4.69) is 20.2 Å². The van der Waals surface area contributed by atoms with Crippen LogP contribution in [0.1, 0.15) is 11.3 Å². The van der Waals surface area contributed by atoms with Gasteiger partial charge < -0.3 is 4.98 Å². The molecule has 0 spiro atoms. The van der Waals surface area contributed by atoms with E-state index in [0.717, 1.165) is 10.9 Å². The summed E-state index contributed by atoms with van der Waals surface area (Å²) in [7, 11) is 0. The summed E-state index contributed by atoms with van der Waals surface area (Å²) in [5, 5.41) is 8.69. The molecule has 0 radical (unpaired) electrons. The predicted molar refractivity (Wildman–Crippen MR) is 118 cm³/mol. The number of fused-ring (bicyclic) bond motifs is 2. The number of hydrogen-bond donors (Lipinski definition) is 2. The molecule has 5 aromatic rings. The van der Waals surface area contributed by atoms with Gasteiger partial charge in [-0.05, 0) is 42.0 Å². The molecule has 5 rings (SSSR count). The Morgan fingerprint density at radius 3 is 2.55 bits per heavy atom. The first kappa shape index (κ1) is 19.1. The van der Waals surface area contributed by atoms with Gasteiger partial charge in [-0.2, -0.15) is 5.10 Å². The Hall–Kier alpha value is -3.84. The summed E-state index contributed by atoms with van der Waals surface area (Å²) in [5.74, 6) is -0.391. The van der Waals surface area contributed by atoms with Gasteiger partial charge >= 0.3 is 0 Å². The van der Waals surface area contributed by atoms with E-state index in [4.69, 9.17) is 11.6 Å². The number of benzene rings is 3. The second kappa shape index (κ2) is 7.45. The van der Waals surface area contributed by atoms with Crippen LogP contribution in [-0.2, 0) is 6.42 Å². The van der Waals surface area contributed by atoms with E-state index < -0.39 is 11.4 Å². The molecule has 0 bridgehead atoms. The van der Waals surface area contributed by atoms with Crippen LogP contribution >= 0.6 is 11.6 Å². The highest BCUT2D eigenvalue weighted by atomic mass is 35.5. The van der Waals surface area contributed by atoms with Crippen LogP contribution in [0.25, 0.3) is 33.1 Å². The Morgan fingerprint density at radius 1 is 0.903 bits per heavy atom. The molecule has 2 heterocycles. The molecule has 152 valence electrons. The normalized spacial score (nSPS) is 11.3. The number of H-pyrrole nitrogens is 2. The van der Waals surface area contributed by atoms with E-state index in [-0.39, 0.29) is 16.9 Å². The molecule has 31 heavy (non-hydrogen) atoms. The van der Waals surface area contributed by atoms with Crippen molar-refractivity contribution in [2.75, 3.05) is 0 Å². The maximum atomic E-state index is 14.6. The Balaban J connectivity index is 1.60. The Bertz CT molecular complexity index is 1590. The quantitative estimate of drug-likeness (QED) is 0.446. The molecular formula is C23H14ClFN4O2. The van der Waals surface area contributed by atoms with E-state index in [9.17, 15) is 14.0 Å². The van der Waals surface area contributed by atoms with Crippen LogP contribution in [0, 0.1) is 5.82 Å². The van der Waals surface area contributed by atoms with Gasteiger partial charge in [-0.25, -0.2) is 14.5 Å². The van der Waals surface area contributed by atoms with Gasteiger partial charge in [0.15, 0.2) is 0 Å². The van der Waals surface area contributed by atoms with Gasteiger partial charge in [0.05, 0.1) is 27.5 Å². The zero-order chi connectivity index (χ0) is 21.5. The molecular weight excluding hydrogens is 419 g/mol. The van der Waals surface area contributed by atoms with Crippen LogP contribution in [0.15, 0.2) is 70.3 Å². The average molecular weight is 433 g/mol. The molecule has 0 aliphatic rings. The summed E-state index contributed by atoms with van der Waals surface area (Å²) < 4.78 is 14.6. The topological polar surface area (TPSA) is 91.5 Å². The zero-order valence-corrected chi connectivity index (χ0v) is 16.7. The molecule has 0 fully saturated rings.